The van der Waals surface area contributed by atoms with Gasteiger partial charge in [0.2, 0.25) is 0 Å². The van der Waals surface area contributed by atoms with Crippen molar-refractivity contribution in [1.82, 2.24) is 9.13 Å². The summed E-state index contributed by atoms with van der Waals surface area (Å²) >= 11 is 5.98. The molecule has 1 atom stereocenters. The molecule has 0 amide bonds. The van der Waals surface area contributed by atoms with Gasteiger partial charge < -0.3 is 5.11 Å². The molecular weight excluding hydrogens is 454 g/mol. The van der Waals surface area contributed by atoms with Crippen molar-refractivity contribution in [3.8, 4) is 0 Å². The summed E-state index contributed by atoms with van der Waals surface area (Å²) in [5, 5.41) is 9.72. The molecular formula is C22H28ClN3O5S. The van der Waals surface area contributed by atoms with Gasteiger partial charge in [0, 0.05) is 31.1 Å². The molecule has 10 heteroatoms. The Hall–Kier alpha value is -2.23. The van der Waals surface area contributed by atoms with Crippen molar-refractivity contribution in [2.24, 2.45) is 18.0 Å². The molecule has 0 aliphatic carbocycles. The fourth-order valence-corrected chi connectivity index (χ4v) is 5.84. The number of hydrogen-bond donors (Lipinski definition) is 1. The van der Waals surface area contributed by atoms with Gasteiger partial charge in [-0.15, -0.1) is 0 Å². The largest absolute Gasteiger partial charge is 0.396 e. The number of aromatic nitrogens is 2. The molecule has 0 spiro atoms. The predicted octanol–water partition coefficient (Wildman–Crippen LogP) is 2.24. The van der Waals surface area contributed by atoms with E-state index >= 15 is 0 Å². The van der Waals surface area contributed by atoms with Crippen LogP contribution in [-0.2, 0) is 36.3 Å². The first kappa shape index (κ1) is 24.4. The van der Waals surface area contributed by atoms with E-state index in [1.807, 2.05) is 12.1 Å². The molecule has 3 rings (SSSR count). The van der Waals surface area contributed by atoms with Gasteiger partial charge in [0.25, 0.3) is 5.56 Å². The van der Waals surface area contributed by atoms with Gasteiger partial charge in [-0.1, -0.05) is 30.7 Å². The second kappa shape index (κ2) is 10.1. The summed E-state index contributed by atoms with van der Waals surface area (Å²) in [5.74, 6) is -0.381. The van der Waals surface area contributed by atoms with Gasteiger partial charge >= 0.3 is 5.69 Å². The van der Waals surface area contributed by atoms with Crippen LogP contribution in [-0.4, -0.2) is 40.1 Å². The zero-order chi connectivity index (χ0) is 23.5. The van der Waals surface area contributed by atoms with E-state index in [-0.39, 0.29) is 36.2 Å². The van der Waals surface area contributed by atoms with Crippen LogP contribution >= 0.6 is 11.6 Å². The maximum Gasteiger partial charge on any atom is 0.332 e. The molecule has 0 bridgehead atoms. The Balaban J connectivity index is 2.16. The number of nitrogens with zero attached hydrogens (tertiary/aromatic N) is 3. The molecule has 1 aliphatic rings. The highest BCUT2D eigenvalue weighted by Crippen LogP contribution is 2.29. The lowest BCUT2D eigenvalue weighted by molar-refractivity contribution is 0.277. The molecule has 1 unspecified atom stereocenters. The fourth-order valence-electron chi connectivity index (χ4n) is 4.04. The molecule has 0 fully saturated rings. The summed E-state index contributed by atoms with van der Waals surface area (Å²) in [6, 6.07) is 7.20. The van der Waals surface area contributed by atoms with Crippen molar-refractivity contribution in [2.75, 3.05) is 12.4 Å². The predicted molar refractivity (Wildman–Crippen MR) is 126 cm³/mol. The molecule has 0 radical (unpaired) electrons. The number of rotatable bonds is 7. The smallest absolute Gasteiger partial charge is 0.332 e. The van der Waals surface area contributed by atoms with Crippen molar-refractivity contribution in [3.63, 3.8) is 0 Å². The molecule has 1 aromatic heterocycles. The monoisotopic (exact) mass is 481 g/mol. The van der Waals surface area contributed by atoms with Crippen molar-refractivity contribution in [1.29, 1.82) is 0 Å². The lowest BCUT2D eigenvalue weighted by atomic mass is 9.95. The van der Waals surface area contributed by atoms with Crippen LogP contribution in [0.4, 0.5) is 5.82 Å². The van der Waals surface area contributed by atoms with Gasteiger partial charge in [-0.05, 0) is 49.8 Å². The van der Waals surface area contributed by atoms with Gasteiger partial charge in [0.15, 0.2) is 9.84 Å². The number of aliphatic hydroxyl groups excluding tert-OH is 1. The van der Waals surface area contributed by atoms with Crippen LogP contribution in [0, 0.1) is 5.92 Å². The summed E-state index contributed by atoms with van der Waals surface area (Å²) < 4.78 is 28.6. The van der Waals surface area contributed by atoms with E-state index in [1.165, 1.54) is 11.6 Å². The van der Waals surface area contributed by atoms with Gasteiger partial charge in [0.1, 0.15) is 10.9 Å². The van der Waals surface area contributed by atoms with Crippen molar-refractivity contribution in [3.05, 3.63) is 61.3 Å². The maximum absolute atomic E-state index is 13.1. The third kappa shape index (κ3) is 5.05. The SMILES string of the molecule is CCCS(=O)(=O)C1=Nc2c(c(=O)n(CCCO)c(=O)n2C)CCC1Cc1ccc(Cl)cc1. The summed E-state index contributed by atoms with van der Waals surface area (Å²) in [7, 11) is -2.19. The second-order valence-corrected chi connectivity index (χ2v) is 10.5. The molecule has 32 heavy (non-hydrogen) atoms. The molecule has 174 valence electrons. The summed E-state index contributed by atoms with van der Waals surface area (Å²) in [5.41, 5.74) is 0.195. The second-order valence-electron chi connectivity index (χ2n) is 8.01. The summed E-state index contributed by atoms with van der Waals surface area (Å²) in [4.78, 5) is 30.3. The Bertz CT molecular complexity index is 1230. The number of hydrogen-bond acceptors (Lipinski definition) is 6. The number of benzene rings is 1. The fraction of sp³-hybridized carbons (Fsp3) is 0.500. The minimum Gasteiger partial charge on any atom is -0.396 e. The molecule has 2 heterocycles. The first-order chi connectivity index (χ1) is 15.2. The molecule has 8 nitrogen and oxygen atoms in total. The van der Waals surface area contributed by atoms with E-state index in [2.05, 4.69) is 4.99 Å². The van der Waals surface area contributed by atoms with E-state index in [0.29, 0.717) is 36.3 Å². The zero-order valence-electron chi connectivity index (χ0n) is 18.3. The van der Waals surface area contributed by atoms with Crippen LogP contribution in [0.2, 0.25) is 5.02 Å². The minimum atomic E-state index is -3.68. The molecule has 1 aliphatic heterocycles. The molecule has 1 aromatic carbocycles. The first-order valence-corrected chi connectivity index (χ1v) is 12.7. The van der Waals surface area contributed by atoms with Gasteiger partial charge in [-0.2, -0.15) is 0 Å². The van der Waals surface area contributed by atoms with Gasteiger partial charge in [-0.25, -0.2) is 18.2 Å². The number of aliphatic imine (C=N–C) groups is 1. The third-order valence-corrected chi connectivity index (χ3v) is 7.90. The van der Waals surface area contributed by atoms with E-state index in [1.54, 1.807) is 19.1 Å². The molecule has 1 N–H and O–H groups in total. The average molecular weight is 482 g/mol. The number of fused-ring (bicyclic) bond motifs is 1. The number of halogens is 1. The minimum absolute atomic E-state index is 0.0237. The van der Waals surface area contributed by atoms with Crippen LogP contribution in [0.1, 0.15) is 37.3 Å². The van der Waals surface area contributed by atoms with Gasteiger partial charge in [0.05, 0.1) is 11.3 Å². The molecule has 2 aromatic rings. The Morgan fingerprint density at radius 1 is 1.22 bits per heavy atom. The van der Waals surface area contributed by atoms with Gasteiger partial charge in [-0.3, -0.25) is 13.9 Å². The quantitative estimate of drug-likeness (QED) is 0.652. The molecule has 0 saturated carbocycles. The topological polar surface area (TPSA) is 111 Å². The third-order valence-electron chi connectivity index (χ3n) is 5.64. The van der Waals surface area contributed by atoms with Crippen LogP contribution in [0.3, 0.4) is 0 Å². The lowest BCUT2D eigenvalue weighted by Crippen LogP contribution is -2.41. The standard InChI is InChI=1S/C22H28ClN3O5S/c1-3-13-32(30,31)20-16(14-15-5-8-17(23)9-6-15)7-10-18-19(24-20)25(2)22(29)26(21(18)28)11-4-12-27/h5-6,8-9,16,27H,3-4,7,10-14H2,1-2H3. The zero-order valence-corrected chi connectivity index (χ0v) is 19.8. The highest BCUT2D eigenvalue weighted by atomic mass is 35.5. The normalized spacial score (nSPS) is 16.4. The van der Waals surface area contributed by atoms with Crippen molar-refractivity contribution in [2.45, 2.75) is 45.6 Å². The summed E-state index contributed by atoms with van der Waals surface area (Å²) in [6.45, 7) is 1.73. The lowest BCUT2D eigenvalue weighted by Gasteiger charge is -2.17. The van der Waals surface area contributed by atoms with Crippen LogP contribution in [0.25, 0.3) is 0 Å². The Morgan fingerprint density at radius 3 is 2.53 bits per heavy atom. The Labute approximate surface area is 192 Å². The average Bonchev–Trinajstić information content (AvgIpc) is 2.94. The molecule has 0 saturated heterocycles. The number of aliphatic hydroxyl groups is 1. The summed E-state index contributed by atoms with van der Waals surface area (Å²) in [6.07, 6.45) is 1.84. The maximum atomic E-state index is 13.1. The van der Waals surface area contributed by atoms with Crippen molar-refractivity contribution < 1.29 is 13.5 Å². The van der Waals surface area contributed by atoms with E-state index in [9.17, 15) is 18.0 Å². The van der Waals surface area contributed by atoms with Crippen molar-refractivity contribution >= 4 is 32.3 Å². The highest BCUT2D eigenvalue weighted by molar-refractivity contribution is 8.06. The number of sulfone groups is 1. The van der Waals surface area contributed by atoms with E-state index in [4.69, 9.17) is 16.7 Å². The van der Waals surface area contributed by atoms with Crippen LogP contribution in [0.5, 0.6) is 0 Å². The first-order valence-electron chi connectivity index (χ1n) is 10.7. The highest BCUT2D eigenvalue weighted by Gasteiger charge is 2.32. The van der Waals surface area contributed by atoms with E-state index < -0.39 is 27.0 Å². The van der Waals surface area contributed by atoms with Crippen LogP contribution in [0.15, 0.2) is 38.8 Å². The Morgan fingerprint density at radius 2 is 1.91 bits per heavy atom. The van der Waals surface area contributed by atoms with E-state index in [0.717, 1.165) is 10.1 Å². The Kier molecular flexibility index (Phi) is 7.74. The van der Waals surface area contributed by atoms with Crippen LogP contribution < -0.4 is 11.2 Å².